The summed E-state index contributed by atoms with van der Waals surface area (Å²) in [7, 11) is 1.73. The summed E-state index contributed by atoms with van der Waals surface area (Å²) < 4.78 is 11.5. The zero-order chi connectivity index (χ0) is 14.5. The number of nitrogens with two attached hydrogens (primary N) is 1. The largest absolute Gasteiger partial charge is 0.379 e. The third-order valence-electron chi connectivity index (χ3n) is 3.57. The second-order valence-electron chi connectivity index (χ2n) is 5.55. The molecular weight excluding hydrogens is 258 g/mol. The van der Waals surface area contributed by atoms with Gasteiger partial charge in [-0.3, -0.25) is 0 Å². The van der Waals surface area contributed by atoms with Crippen molar-refractivity contribution in [1.82, 2.24) is 0 Å². The van der Waals surface area contributed by atoms with Crippen LogP contribution in [0.3, 0.4) is 0 Å². The van der Waals surface area contributed by atoms with Crippen LogP contribution in [0, 0.1) is 6.92 Å². The van der Waals surface area contributed by atoms with Crippen molar-refractivity contribution in [1.29, 1.82) is 0 Å². The van der Waals surface area contributed by atoms with Crippen molar-refractivity contribution >= 4 is 11.3 Å². The van der Waals surface area contributed by atoms with Gasteiger partial charge in [0.25, 0.3) is 0 Å². The molecule has 0 aliphatic rings. The lowest BCUT2D eigenvalue weighted by Crippen LogP contribution is -2.31. The Kier molecular flexibility index (Phi) is 6.47. The van der Waals surface area contributed by atoms with E-state index in [1.165, 1.54) is 10.4 Å². The molecule has 3 nitrogen and oxygen atoms in total. The van der Waals surface area contributed by atoms with Gasteiger partial charge in [-0.15, -0.1) is 11.3 Å². The molecule has 0 radical (unpaired) electrons. The van der Waals surface area contributed by atoms with E-state index in [1.807, 2.05) is 0 Å². The monoisotopic (exact) mass is 285 g/mol. The lowest BCUT2D eigenvalue weighted by atomic mass is 10.0. The van der Waals surface area contributed by atoms with Crippen molar-refractivity contribution in [2.45, 2.75) is 58.3 Å². The van der Waals surface area contributed by atoms with E-state index in [9.17, 15) is 0 Å². The van der Waals surface area contributed by atoms with Crippen LogP contribution in [0.4, 0.5) is 0 Å². The molecule has 1 aromatic rings. The van der Waals surface area contributed by atoms with Gasteiger partial charge in [0.15, 0.2) is 0 Å². The van der Waals surface area contributed by atoms with Gasteiger partial charge in [0.2, 0.25) is 0 Å². The summed E-state index contributed by atoms with van der Waals surface area (Å²) in [6.45, 7) is 9.02. The number of rotatable bonds is 8. The second kappa shape index (κ2) is 7.39. The van der Waals surface area contributed by atoms with Crippen LogP contribution < -0.4 is 5.73 Å². The SMILES string of the molecule is CCC(N)C(OCCC(C)(C)OC)c1sccc1C. The van der Waals surface area contributed by atoms with Crippen molar-refractivity contribution < 1.29 is 9.47 Å². The average molecular weight is 285 g/mol. The standard InChI is InChI=1S/C15H27NO2S/c1-6-12(16)13(14-11(2)7-10-19-14)18-9-8-15(3,4)17-5/h7,10,12-13H,6,8-9,16H2,1-5H3. The van der Waals surface area contributed by atoms with Crippen LogP contribution >= 0.6 is 11.3 Å². The number of hydrogen-bond acceptors (Lipinski definition) is 4. The molecule has 2 N–H and O–H groups in total. The maximum absolute atomic E-state index is 6.21. The summed E-state index contributed by atoms with van der Waals surface area (Å²) >= 11 is 1.73. The third-order valence-corrected chi connectivity index (χ3v) is 4.65. The van der Waals surface area contributed by atoms with E-state index in [-0.39, 0.29) is 17.7 Å². The number of ether oxygens (including phenoxy) is 2. The first kappa shape index (κ1) is 16.6. The molecule has 0 amide bonds. The minimum Gasteiger partial charge on any atom is -0.379 e. The van der Waals surface area contributed by atoms with Crippen molar-refractivity contribution in [2.75, 3.05) is 13.7 Å². The zero-order valence-electron chi connectivity index (χ0n) is 12.7. The molecule has 0 saturated heterocycles. The molecule has 1 heterocycles. The summed E-state index contributed by atoms with van der Waals surface area (Å²) in [5.74, 6) is 0. The van der Waals surface area contributed by atoms with Crippen LogP contribution in [-0.2, 0) is 9.47 Å². The van der Waals surface area contributed by atoms with Crippen molar-refractivity contribution in [3.05, 3.63) is 21.9 Å². The fourth-order valence-corrected chi connectivity index (χ4v) is 2.87. The van der Waals surface area contributed by atoms with E-state index < -0.39 is 0 Å². The van der Waals surface area contributed by atoms with E-state index in [2.05, 4.69) is 39.1 Å². The highest BCUT2D eigenvalue weighted by Gasteiger charge is 2.24. The maximum Gasteiger partial charge on any atom is 0.107 e. The molecule has 1 rings (SSSR count). The van der Waals surface area contributed by atoms with Gasteiger partial charge in [0.05, 0.1) is 12.2 Å². The summed E-state index contributed by atoms with van der Waals surface area (Å²) in [5, 5.41) is 2.10. The molecule has 2 unspecified atom stereocenters. The first-order chi connectivity index (χ1) is 8.91. The molecule has 0 aliphatic heterocycles. The quantitative estimate of drug-likeness (QED) is 0.792. The van der Waals surface area contributed by atoms with Crippen molar-refractivity contribution in [2.24, 2.45) is 5.73 Å². The molecule has 0 fully saturated rings. The minimum absolute atomic E-state index is 0.00217. The van der Waals surface area contributed by atoms with Crippen LogP contribution in [-0.4, -0.2) is 25.4 Å². The van der Waals surface area contributed by atoms with Crippen LogP contribution in [0.15, 0.2) is 11.4 Å². The van der Waals surface area contributed by atoms with Crippen molar-refractivity contribution in [3.63, 3.8) is 0 Å². The fourth-order valence-electron chi connectivity index (χ4n) is 1.82. The smallest absolute Gasteiger partial charge is 0.107 e. The Morgan fingerprint density at radius 1 is 1.42 bits per heavy atom. The number of aryl methyl sites for hydroxylation is 1. The highest BCUT2D eigenvalue weighted by Crippen LogP contribution is 2.30. The average Bonchev–Trinajstić information content (AvgIpc) is 2.80. The zero-order valence-corrected chi connectivity index (χ0v) is 13.5. The van der Waals surface area contributed by atoms with E-state index >= 15 is 0 Å². The van der Waals surface area contributed by atoms with Gasteiger partial charge in [-0.2, -0.15) is 0 Å². The third kappa shape index (κ3) is 4.88. The predicted molar refractivity (Wildman–Crippen MR) is 81.7 cm³/mol. The molecule has 0 aliphatic carbocycles. The molecular formula is C15H27NO2S. The lowest BCUT2D eigenvalue weighted by molar-refractivity contribution is -0.0325. The summed E-state index contributed by atoms with van der Waals surface area (Å²) in [4.78, 5) is 1.25. The summed E-state index contributed by atoms with van der Waals surface area (Å²) in [5.41, 5.74) is 7.33. The van der Waals surface area contributed by atoms with Crippen LogP contribution in [0.5, 0.6) is 0 Å². The van der Waals surface area contributed by atoms with Gasteiger partial charge >= 0.3 is 0 Å². The molecule has 0 spiro atoms. The Labute approximate surface area is 121 Å². The van der Waals surface area contributed by atoms with Gasteiger partial charge in [0, 0.05) is 18.0 Å². The first-order valence-electron chi connectivity index (χ1n) is 6.87. The first-order valence-corrected chi connectivity index (χ1v) is 7.75. The Morgan fingerprint density at radius 2 is 2.11 bits per heavy atom. The number of thiophene rings is 1. The number of hydrogen-bond donors (Lipinski definition) is 1. The molecule has 0 aromatic carbocycles. The summed E-state index contributed by atoms with van der Waals surface area (Å²) in [6, 6.07) is 2.17. The second-order valence-corrected chi connectivity index (χ2v) is 6.49. The Hall–Kier alpha value is -0.420. The molecule has 2 atom stereocenters. The Balaban J connectivity index is 2.65. The molecule has 19 heavy (non-hydrogen) atoms. The predicted octanol–water partition coefficient (Wildman–Crippen LogP) is 3.67. The normalized spacial score (nSPS) is 15.5. The van der Waals surface area contributed by atoms with Crippen molar-refractivity contribution in [3.8, 4) is 0 Å². The topological polar surface area (TPSA) is 44.5 Å². The van der Waals surface area contributed by atoms with Gasteiger partial charge in [-0.1, -0.05) is 6.92 Å². The van der Waals surface area contributed by atoms with E-state index in [0.29, 0.717) is 6.61 Å². The van der Waals surface area contributed by atoms with E-state index in [1.54, 1.807) is 18.4 Å². The fraction of sp³-hybridized carbons (Fsp3) is 0.733. The van der Waals surface area contributed by atoms with Gasteiger partial charge in [-0.25, -0.2) is 0 Å². The van der Waals surface area contributed by atoms with Crippen LogP contribution in [0.2, 0.25) is 0 Å². The van der Waals surface area contributed by atoms with E-state index in [4.69, 9.17) is 15.2 Å². The Morgan fingerprint density at radius 3 is 2.58 bits per heavy atom. The number of methoxy groups -OCH3 is 1. The Bertz CT molecular complexity index is 376. The molecule has 1 aromatic heterocycles. The van der Waals surface area contributed by atoms with Gasteiger partial charge in [0.1, 0.15) is 6.10 Å². The molecule has 4 heteroatoms. The molecule has 0 bridgehead atoms. The lowest BCUT2D eigenvalue weighted by Gasteiger charge is -2.27. The highest BCUT2D eigenvalue weighted by atomic mass is 32.1. The summed E-state index contributed by atoms with van der Waals surface area (Å²) in [6.07, 6.45) is 1.77. The van der Waals surface area contributed by atoms with Crippen LogP contribution in [0.25, 0.3) is 0 Å². The molecule has 0 saturated carbocycles. The maximum atomic E-state index is 6.21. The van der Waals surface area contributed by atoms with E-state index in [0.717, 1.165) is 12.8 Å². The highest BCUT2D eigenvalue weighted by molar-refractivity contribution is 7.10. The minimum atomic E-state index is -0.147. The van der Waals surface area contributed by atoms with Gasteiger partial charge < -0.3 is 15.2 Å². The van der Waals surface area contributed by atoms with Crippen LogP contribution in [0.1, 0.15) is 50.2 Å². The van der Waals surface area contributed by atoms with Gasteiger partial charge in [-0.05, 0) is 50.6 Å². The molecule has 110 valence electrons.